The minimum Gasteiger partial charge on any atom is -0.394 e. The minimum atomic E-state index is -1.56. The van der Waals surface area contributed by atoms with Crippen LogP contribution in [-0.4, -0.2) is 87.5 Å². The van der Waals surface area contributed by atoms with E-state index in [1.54, 1.807) is 6.08 Å². The summed E-state index contributed by atoms with van der Waals surface area (Å²) in [5.74, 6) is -0.182. The van der Waals surface area contributed by atoms with Gasteiger partial charge in [0.05, 0.1) is 25.4 Å². The van der Waals surface area contributed by atoms with Crippen LogP contribution in [0.15, 0.2) is 12.2 Å². The summed E-state index contributed by atoms with van der Waals surface area (Å²) in [7, 11) is 0. The Morgan fingerprint density at radius 2 is 1.20 bits per heavy atom. The molecule has 0 radical (unpaired) electrons. The summed E-state index contributed by atoms with van der Waals surface area (Å²) in [5, 5.41) is 53.6. The summed E-state index contributed by atoms with van der Waals surface area (Å²) >= 11 is 0. The number of carbonyl (C=O) groups is 1. The number of aliphatic hydroxyl groups is 5. The standard InChI is InChI=1S/C37H71NO8/c1-3-5-7-9-11-12-13-14-15-16-17-18-19-20-21-23-25-27-33(41)38-30(31(40)26-24-22-10-8-6-4-2)29-45-37-36(44)35(43)34(42)32(28-39)46-37/h24,26,30-32,34-37,39-40,42-44H,3-23,25,27-29H2,1-2H3,(H,38,41)/b26-24+. The van der Waals surface area contributed by atoms with Gasteiger partial charge in [0.2, 0.25) is 5.91 Å². The van der Waals surface area contributed by atoms with Gasteiger partial charge in [-0.15, -0.1) is 0 Å². The topological polar surface area (TPSA) is 149 Å². The van der Waals surface area contributed by atoms with Crippen LogP contribution in [0.5, 0.6) is 0 Å². The van der Waals surface area contributed by atoms with Crippen molar-refractivity contribution < 1.29 is 39.8 Å². The molecule has 0 aromatic heterocycles. The number of amides is 1. The number of hydrogen-bond donors (Lipinski definition) is 6. The molecule has 0 saturated carbocycles. The van der Waals surface area contributed by atoms with Gasteiger partial charge >= 0.3 is 0 Å². The number of aliphatic hydroxyl groups excluding tert-OH is 5. The second-order valence-corrected chi connectivity index (χ2v) is 13.4. The van der Waals surface area contributed by atoms with Crippen LogP contribution in [0.2, 0.25) is 0 Å². The molecule has 0 aromatic carbocycles. The number of nitrogens with one attached hydrogen (secondary N) is 1. The molecule has 1 saturated heterocycles. The van der Waals surface area contributed by atoms with E-state index in [9.17, 15) is 30.3 Å². The Bertz CT molecular complexity index is 736. The fourth-order valence-corrected chi connectivity index (χ4v) is 5.98. The molecule has 9 heteroatoms. The van der Waals surface area contributed by atoms with E-state index in [1.165, 1.54) is 96.3 Å². The molecule has 1 rings (SSSR count). The first-order valence-corrected chi connectivity index (χ1v) is 18.9. The maximum absolute atomic E-state index is 12.8. The zero-order valence-electron chi connectivity index (χ0n) is 29.3. The predicted octanol–water partition coefficient (Wildman–Crippen LogP) is 6.22. The quantitative estimate of drug-likeness (QED) is 0.0394. The maximum Gasteiger partial charge on any atom is 0.220 e. The third-order valence-corrected chi connectivity index (χ3v) is 9.11. The Kier molecular flexibility index (Phi) is 27.0. The van der Waals surface area contributed by atoms with Crippen LogP contribution in [0.25, 0.3) is 0 Å². The van der Waals surface area contributed by atoms with E-state index in [0.29, 0.717) is 6.42 Å². The van der Waals surface area contributed by atoms with E-state index in [0.717, 1.165) is 44.9 Å². The molecule has 0 aromatic rings. The summed E-state index contributed by atoms with van der Waals surface area (Å²) in [6, 6.07) is -0.794. The molecule has 6 N–H and O–H groups in total. The molecule has 0 spiro atoms. The number of unbranched alkanes of at least 4 members (excludes halogenated alkanes) is 20. The predicted molar refractivity (Wildman–Crippen MR) is 184 cm³/mol. The third-order valence-electron chi connectivity index (χ3n) is 9.11. The second-order valence-electron chi connectivity index (χ2n) is 13.4. The monoisotopic (exact) mass is 658 g/mol. The third kappa shape index (κ3) is 20.3. The molecule has 1 aliphatic heterocycles. The summed E-state index contributed by atoms with van der Waals surface area (Å²) in [6.45, 7) is 3.67. The lowest BCUT2D eigenvalue weighted by atomic mass is 9.99. The van der Waals surface area contributed by atoms with Crippen molar-refractivity contribution in [2.75, 3.05) is 13.2 Å². The number of ether oxygens (including phenoxy) is 2. The average Bonchev–Trinajstić information content (AvgIpc) is 3.05. The smallest absolute Gasteiger partial charge is 0.220 e. The van der Waals surface area contributed by atoms with Crippen LogP contribution >= 0.6 is 0 Å². The first kappa shape index (κ1) is 43.0. The van der Waals surface area contributed by atoms with E-state index >= 15 is 0 Å². The lowest BCUT2D eigenvalue weighted by Crippen LogP contribution is -2.60. The lowest BCUT2D eigenvalue weighted by molar-refractivity contribution is -0.302. The molecular formula is C37H71NO8. The number of carbonyl (C=O) groups excluding carboxylic acids is 1. The van der Waals surface area contributed by atoms with Crippen molar-refractivity contribution in [2.45, 2.75) is 204 Å². The zero-order chi connectivity index (χ0) is 33.8. The van der Waals surface area contributed by atoms with Gasteiger partial charge in [-0.2, -0.15) is 0 Å². The van der Waals surface area contributed by atoms with Crippen LogP contribution in [0, 0.1) is 0 Å². The van der Waals surface area contributed by atoms with E-state index in [-0.39, 0.29) is 12.5 Å². The number of rotatable bonds is 30. The van der Waals surface area contributed by atoms with Crippen LogP contribution in [-0.2, 0) is 14.3 Å². The molecule has 7 atom stereocenters. The molecular weight excluding hydrogens is 586 g/mol. The number of allylic oxidation sites excluding steroid dienone is 1. The molecule has 1 fully saturated rings. The van der Waals surface area contributed by atoms with E-state index < -0.39 is 49.5 Å². The van der Waals surface area contributed by atoms with Gasteiger partial charge in [-0.1, -0.05) is 148 Å². The highest BCUT2D eigenvalue weighted by molar-refractivity contribution is 5.76. The van der Waals surface area contributed by atoms with Gasteiger partial charge in [0.15, 0.2) is 6.29 Å². The van der Waals surface area contributed by atoms with Crippen LogP contribution in [0.3, 0.4) is 0 Å². The molecule has 272 valence electrons. The van der Waals surface area contributed by atoms with Crippen LogP contribution in [0.1, 0.15) is 162 Å². The van der Waals surface area contributed by atoms with Crippen molar-refractivity contribution >= 4 is 5.91 Å². The zero-order valence-corrected chi connectivity index (χ0v) is 29.3. The first-order chi connectivity index (χ1) is 22.3. The Balaban J connectivity index is 2.32. The van der Waals surface area contributed by atoms with Gasteiger partial charge in [0.1, 0.15) is 24.4 Å². The Morgan fingerprint density at radius 3 is 1.70 bits per heavy atom. The minimum absolute atomic E-state index is 0.182. The van der Waals surface area contributed by atoms with Gasteiger partial charge in [-0.05, 0) is 19.3 Å². The van der Waals surface area contributed by atoms with Gasteiger partial charge in [0, 0.05) is 6.42 Å². The van der Waals surface area contributed by atoms with E-state index in [1.807, 2.05) is 6.08 Å². The maximum atomic E-state index is 12.8. The SMILES string of the molecule is CCCCCC/C=C/C(O)C(COC1OC(CO)C(O)C(O)C1O)NC(=O)CCCCCCCCCCCCCCCCCCC. The van der Waals surface area contributed by atoms with Crippen molar-refractivity contribution in [3.05, 3.63) is 12.2 Å². The molecule has 1 amide bonds. The first-order valence-electron chi connectivity index (χ1n) is 18.9. The Hall–Kier alpha value is -1.07. The summed E-state index contributed by atoms with van der Waals surface area (Å²) in [6.07, 6.45) is 22.9. The van der Waals surface area contributed by atoms with Gasteiger partial charge in [0.25, 0.3) is 0 Å². The molecule has 9 nitrogen and oxygen atoms in total. The number of hydrogen-bond acceptors (Lipinski definition) is 8. The largest absolute Gasteiger partial charge is 0.394 e. The van der Waals surface area contributed by atoms with Gasteiger partial charge < -0.3 is 40.3 Å². The fourth-order valence-electron chi connectivity index (χ4n) is 5.98. The van der Waals surface area contributed by atoms with Gasteiger partial charge in [-0.3, -0.25) is 4.79 Å². The molecule has 1 heterocycles. The van der Waals surface area contributed by atoms with Crippen molar-refractivity contribution in [2.24, 2.45) is 0 Å². The highest BCUT2D eigenvalue weighted by atomic mass is 16.7. The molecule has 46 heavy (non-hydrogen) atoms. The Labute approximate surface area is 280 Å². The highest BCUT2D eigenvalue weighted by Gasteiger charge is 2.44. The van der Waals surface area contributed by atoms with E-state index in [4.69, 9.17) is 9.47 Å². The van der Waals surface area contributed by atoms with E-state index in [2.05, 4.69) is 19.2 Å². The molecule has 1 aliphatic rings. The Morgan fingerprint density at radius 1 is 0.717 bits per heavy atom. The van der Waals surface area contributed by atoms with Crippen molar-refractivity contribution in [1.82, 2.24) is 5.32 Å². The van der Waals surface area contributed by atoms with Crippen molar-refractivity contribution in [3.63, 3.8) is 0 Å². The molecule has 0 aliphatic carbocycles. The van der Waals surface area contributed by atoms with Crippen LogP contribution in [0.4, 0.5) is 0 Å². The normalized spacial score (nSPS) is 23.2. The van der Waals surface area contributed by atoms with Crippen molar-refractivity contribution in [1.29, 1.82) is 0 Å². The van der Waals surface area contributed by atoms with Gasteiger partial charge in [-0.25, -0.2) is 0 Å². The molecule has 7 unspecified atom stereocenters. The average molecular weight is 658 g/mol. The lowest BCUT2D eigenvalue weighted by Gasteiger charge is -2.40. The summed E-state index contributed by atoms with van der Waals surface area (Å²) < 4.78 is 11.1. The summed E-state index contributed by atoms with van der Waals surface area (Å²) in [5.41, 5.74) is 0. The van der Waals surface area contributed by atoms with Crippen LogP contribution < -0.4 is 5.32 Å². The van der Waals surface area contributed by atoms with Crippen molar-refractivity contribution in [3.8, 4) is 0 Å². The fraction of sp³-hybridized carbons (Fsp3) is 0.919. The second kappa shape index (κ2) is 28.9. The molecule has 0 bridgehead atoms. The summed E-state index contributed by atoms with van der Waals surface area (Å²) in [4.78, 5) is 12.8. The highest BCUT2D eigenvalue weighted by Crippen LogP contribution is 2.22.